The predicted octanol–water partition coefficient (Wildman–Crippen LogP) is 2.61. The summed E-state index contributed by atoms with van der Waals surface area (Å²) in [5.41, 5.74) is 0.391. The number of carbonyl (C=O) groups is 1. The molecule has 5 heteroatoms. The van der Waals surface area contributed by atoms with Crippen LogP contribution in [0.5, 0.6) is 0 Å². The Balaban J connectivity index is 2.34. The number of aryl methyl sites for hydroxylation is 1. The monoisotopic (exact) mass is 239 g/mol. The summed E-state index contributed by atoms with van der Waals surface area (Å²) in [6.07, 6.45) is 4.09. The van der Waals surface area contributed by atoms with Gasteiger partial charge in [-0.05, 0) is 33.1 Å². The quantitative estimate of drug-likeness (QED) is 0.651. The zero-order valence-electron chi connectivity index (χ0n) is 9.38. The lowest BCUT2D eigenvalue weighted by Gasteiger charge is -2.39. The van der Waals surface area contributed by atoms with Crippen molar-refractivity contribution >= 4 is 23.7 Å². The maximum atomic E-state index is 10.9. The van der Waals surface area contributed by atoms with Crippen LogP contribution in [0.3, 0.4) is 0 Å². The molecule has 0 unspecified atom stereocenters. The van der Waals surface area contributed by atoms with E-state index in [0.717, 1.165) is 12.8 Å². The molecule has 1 aromatic rings. The Kier molecular flexibility index (Phi) is 2.84. The number of halogens is 1. The summed E-state index contributed by atoms with van der Waals surface area (Å²) >= 11 is 5.90. The van der Waals surface area contributed by atoms with E-state index in [0.29, 0.717) is 23.5 Å². The first kappa shape index (κ1) is 11.3. The van der Waals surface area contributed by atoms with Crippen LogP contribution in [0.4, 0.5) is 5.82 Å². The molecule has 0 radical (unpaired) electrons. The van der Waals surface area contributed by atoms with Gasteiger partial charge in [0.1, 0.15) is 16.8 Å². The van der Waals surface area contributed by atoms with Crippen LogP contribution in [0.25, 0.3) is 0 Å². The Morgan fingerprint density at radius 1 is 1.44 bits per heavy atom. The lowest BCUT2D eigenvalue weighted by molar-refractivity contribution is 0.112. The number of hydrogen-bond acceptors (Lipinski definition) is 4. The first-order valence-corrected chi connectivity index (χ1v) is 5.69. The minimum atomic E-state index is 0.0435. The SMILES string of the molecule is Cc1nc(Cl)c(C=O)c(NC2(C)CCC2)n1. The first-order chi connectivity index (χ1) is 7.54. The van der Waals surface area contributed by atoms with Crippen molar-refractivity contribution in [3.8, 4) is 0 Å². The largest absolute Gasteiger partial charge is 0.364 e. The number of nitrogens with one attached hydrogen (secondary N) is 1. The van der Waals surface area contributed by atoms with Gasteiger partial charge in [-0.3, -0.25) is 4.79 Å². The van der Waals surface area contributed by atoms with Crippen molar-refractivity contribution in [1.82, 2.24) is 9.97 Å². The third-order valence-electron chi connectivity index (χ3n) is 3.01. The summed E-state index contributed by atoms with van der Waals surface area (Å²) in [6, 6.07) is 0. The molecular weight excluding hydrogens is 226 g/mol. The number of hydrogen-bond donors (Lipinski definition) is 1. The second-order valence-electron chi connectivity index (χ2n) is 4.48. The molecular formula is C11H14ClN3O. The van der Waals surface area contributed by atoms with Crippen molar-refractivity contribution in [3.63, 3.8) is 0 Å². The van der Waals surface area contributed by atoms with Gasteiger partial charge in [0.2, 0.25) is 0 Å². The fourth-order valence-corrected chi connectivity index (χ4v) is 2.12. The summed E-state index contributed by atoms with van der Waals surface area (Å²) in [7, 11) is 0. The molecule has 0 aliphatic heterocycles. The normalized spacial score (nSPS) is 17.7. The molecule has 0 saturated heterocycles. The van der Waals surface area contributed by atoms with Gasteiger partial charge in [0.05, 0.1) is 5.56 Å². The Morgan fingerprint density at radius 3 is 2.62 bits per heavy atom. The van der Waals surface area contributed by atoms with E-state index in [4.69, 9.17) is 11.6 Å². The molecule has 16 heavy (non-hydrogen) atoms. The van der Waals surface area contributed by atoms with Crippen molar-refractivity contribution in [2.75, 3.05) is 5.32 Å². The van der Waals surface area contributed by atoms with E-state index in [2.05, 4.69) is 22.2 Å². The average molecular weight is 240 g/mol. The van der Waals surface area contributed by atoms with Crippen LogP contribution in [-0.4, -0.2) is 21.8 Å². The van der Waals surface area contributed by atoms with Crippen LogP contribution >= 0.6 is 11.6 Å². The maximum absolute atomic E-state index is 10.9. The average Bonchev–Trinajstić information content (AvgIpc) is 2.14. The van der Waals surface area contributed by atoms with Crippen LogP contribution in [0.1, 0.15) is 42.4 Å². The van der Waals surface area contributed by atoms with Crippen molar-refractivity contribution in [2.24, 2.45) is 0 Å². The molecule has 1 aromatic heterocycles. The van der Waals surface area contributed by atoms with Gasteiger partial charge < -0.3 is 5.32 Å². The Bertz CT molecular complexity index is 429. The molecule has 1 heterocycles. The Morgan fingerprint density at radius 2 is 2.12 bits per heavy atom. The van der Waals surface area contributed by atoms with Gasteiger partial charge in [0, 0.05) is 5.54 Å². The van der Waals surface area contributed by atoms with Gasteiger partial charge in [-0.2, -0.15) is 0 Å². The van der Waals surface area contributed by atoms with E-state index in [1.54, 1.807) is 6.92 Å². The zero-order chi connectivity index (χ0) is 11.8. The van der Waals surface area contributed by atoms with Gasteiger partial charge in [0.25, 0.3) is 0 Å². The van der Waals surface area contributed by atoms with Crippen LogP contribution in [0, 0.1) is 6.92 Å². The molecule has 0 spiro atoms. The van der Waals surface area contributed by atoms with E-state index >= 15 is 0 Å². The van der Waals surface area contributed by atoms with Crippen LogP contribution in [-0.2, 0) is 0 Å². The summed E-state index contributed by atoms with van der Waals surface area (Å²) < 4.78 is 0. The third kappa shape index (κ3) is 2.02. The zero-order valence-corrected chi connectivity index (χ0v) is 10.1. The number of rotatable bonds is 3. The first-order valence-electron chi connectivity index (χ1n) is 5.31. The molecule has 0 amide bonds. The number of anilines is 1. The third-order valence-corrected chi connectivity index (χ3v) is 3.29. The van der Waals surface area contributed by atoms with Crippen molar-refractivity contribution in [1.29, 1.82) is 0 Å². The molecule has 0 atom stereocenters. The molecule has 1 fully saturated rings. The predicted molar refractivity (Wildman–Crippen MR) is 63.0 cm³/mol. The summed E-state index contributed by atoms with van der Waals surface area (Å²) in [4.78, 5) is 19.1. The highest BCUT2D eigenvalue weighted by Gasteiger charge is 2.32. The molecule has 4 nitrogen and oxygen atoms in total. The van der Waals surface area contributed by atoms with Gasteiger partial charge in [0.15, 0.2) is 6.29 Å². The fraction of sp³-hybridized carbons (Fsp3) is 0.545. The lowest BCUT2D eigenvalue weighted by atomic mass is 9.78. The molecule has 0 aromatic carbocycles. The minimum Gasteiger partial charge on any atom is -0.364 e. The second-order valence-corrected chi connectivity index (χ2v) is 4.84. The minimum absolute atomic E-state index is 0.0435. The van der Waals surface area contributed by atoms with Gasteiger partial charge in [-0.1, -0.05) is 11.6 Å². The van der Waals surface area contributed by atoms with Gasteiger partial charge >= 0.3 is 0 Å². The molecule has 1 aliphatic carbocycles. The lowest BCUT2D eigenvalue weighted by Crippen LogP contribution is -2.42. The number of carbonyl (C=O) groups excluding carboxylic acids is 1. The molecule has 1 N–H and O–H groups in total. The maximum Gasteiger partial charge on any atom is 0.156 e. The van der Waals surface area contributed by atoms with E-state index < -0.39 is 0 Å². The molecule has 86 valence electrons. The highest BCUT2D eigenvalue weighted by Crippen LogP contribution is 2.35. The van der Waals surface area contributed by atoms with Crippen LogP contribution in [0.2, 0.25) is 5.15 Å². The van der Waals surface area contributed by atoms with Gasteiger partial charge in [-0.25, -0.2) is 9.97 Å². The molecule has 2 rings (SSSR count). The smallest absolute Gasteiger partial charge is 0.156 e. The van der Waals surface area contributed by atoms with E-state index in [1.165, 1.54) is 6.42 Å². The van der Waals surface area contributed by atoms with Crippen LogP contribution < -0.4 is 5.32 Å². The van der Waals surface area contributed by atoms with Crippen molar-refractivity contribution < 1.29 is 4.79 Å². The number of nitrogens with zero attached hydrogens (tertiary/aromatic N) is 2. The van der Waals surface area contributed by atoms with Crippen LogP contribution in [0.15, 0.2) is 0 Å². The topological polar surface area (TPSA) is 54.9 Å². The summed E-state index contributed by atoms with van der Waals surface area (Å²) in [5.74, 6) is 1.12. The summed E-state index contributed by atoms with van der Waals surface area (Å²) in [6.45, 7) is 3.88. The molecule has 0 bridgehead atoms. The second kappa shape index (κ2) is 4.01. The van der Waals surface area contributed by atoms with Gasteiger partial charge in [-0.15, -0.1) is 0 Å². The number of aromatic nitrogens is 2. The van der Waals surface area contributed by atoms with Crippen molar-refractivity contribution in [3.05, 3.63) is 16.5 Å². The van der Waals surface area contributed by atoms with E-state index in [1.807, 2.05) is 0 Å². The standard InChI is InChI=1S/C11H14ClN3O/c1-7-13-9(12)8(6-16)10(14-7)15-11(2)4-3-5-11/h6H,3-5H2,1-2H3,(H,13,14,15). The Hall–Kier alpha value is -1.16. The van der Waals surface area contributed by atoms with E-state index in [9.17, 15) is 4.79 Å². The summed E-state index contributed by atoms with van der Waals surface area (Å²) in [5, 5.41) is 3.50. The molecule has 1 saturated carbocycles. The Labute approximate surface area is 99.4 Å². The highest BCUT2D eigenvalue weighted by atomic mass is 35.5. The van der Waals surface area contributed by atoms with E-state index in [-0.39, 0.29) is 10.7 Å². The number of aldehydes is 1. The van der Waals surface area contributed by atoms with Crippen molar-refractivity contribution in [2.45, 2.75) is 38.6 Å². The fourth-order valence-electron chi connectivity index (χ4n) is 1.86. The molecule has 1 aliphatic rings. The highest BCUT2D eigenvalue weighted by molar-refractivity contribution is 6.32.